The van der Waals surface area contributed by atoms with Gasteiger partial charge in [0.05, 0.1) is 13.2 Å². The van der Waals surface area contributed by atoms with E-state index < -0.39 is 0 Å². The van der Waals surface area contributed by atoms with Crippen molar-refractivity contribution in [1.29, 1.82) is 0 Å². The molecule has 0 aliphatic rings. The second-order valence-corrected chi connectivity index (χ2v) is 6.40. The number of aliphatic imine (C=N–C) groups is 1. The molecule has 8 heteroatoms. The Balaban J connectivity index is 0.00000392. The minimum atomic E-state index is -0.361. The number of ether oxygens (including phenoxy) is 1. The molecule has 1 atom stereocenters. The van der Waals surface area contributed by atoms with Crippen molar-refractivity contribution in [3.63, 3.8) is 0 Å². The van der Waals surface area contributed by atoms with Crippen LogP contribution in [0.5, 0.6) is 5.75 Å². The number of rotatable bonds is 9. The topological polar surface area (TPSA) is 63.5 Å². The van der Waals surface area contributed by atoms with Crippen molar-refractivity contribution in [1.82, 2.24) is 20.2 Å². The third-order valence-electron chi connectivity index (χ3n) is 4.37. The van der Waals surface area contributed by atoms with Crippen LogP contribution in [0, 0.1) is 12.7 Å². The summed E-state index contributed by atoms with van der Waals surface area (Å²) >= 11 is 0. The van der Waals surface area contributed by atoms with Gasteiger partial charge in [0.1, 0.15) is 5.82 Å². The van der Waals surface area contributed by atoms with Gasteiger partial charge < -0.3 is 19.9 Å². The van der Waals surface area contributed by atoms with Crippen molar-refractivity contribution in [2.45, 2.75) is 46.2 Å². The zero-order chi connectivity index (χ0) is 19.6. The number of imidazole rings is 1. The van der Waals surface area contributed by atoms with Crippen LogP contribution in [0.2, 0.25) is 0 Å². The Labute approximate surface area is 184 Å². The molecule has 0 radical (unpaired) electrons. The second-order valence-electron chi connectivity index (χ2n) is 6.40. The smallest absolute Gasteiger partial charge is 0.191 e. The third kappa shape index (κ3) is 7.29. The molecule has 1 aromatic heterocycles. The van der Waals surface area contributed by atoms with Crippen molar-refractivity contribution in [3.05, 3.63) is 47.8 Å². The molecule has 0 bridgehead atoms. The number of aromatic nitrogens is 2. The van der Waals surface area contributed by atoms with Gasteiger partial charge in [-0.2, -0.15) is 0 Å². The van der Waals surface area contributed by atoms with Crippen LogP contribution in [0.15, 0.2) is 35.6 Å². The molecule has 0 aliphatic carbocycles. The molecule has 28 heavy (non-hydrogen) atoms. The first-order valence-corrected chi connectivity index (χ1v) is 9.41. The number of benzene rings is 1. The molecule has 1 aromatic carbocycles. The first kappa shape index (κ1) is 24.2. The maximum Gasteiger partial charge on any atom is 0.191 e. The highest BCUT2D eigenvalue weighted by atomic mass is 127. The summed E-state index contributed by atoms with van der Waals surface area (Å²) in [4.78, 5) is 8.85. The zero-order valence-electron chi connectivity index (χ0n) is 17.0. The van der Waals surface area contributed by atoms with Crippen LogP contribution in [-0.2, 0) is 6.54 Å². The molecule has 6 nitrogen and oxygen atoms in total. The van der Waals surface area contributed by atoms with Crippen LogP contribution in [0.4, 0.5) is 4.39 Å². The van der Waals surface area contributed by atoms with Crippen molar-refractivity contribution in [2.75, 3.05) is 20.2 Å². The average Bonchev–Trinajstić information content (AvgIpc) is 3.06. The molecule has 1 unspecified atom stereocenters. The van der Waals surface area contributed by atoms with Crippen molar-refractivity contribution in [2.24, 2.45) is 4.99 Å². The Morgan fingerprint density at radius 2 is 2.14 bits per heavy atom. The summed E-state index contributed by atoms with van der Waals surface area (Å²) in [5.74, 6) is 1.66. The summed E-state index contributed by atoms with van der Waals surface area (Å²) in [6, 6.07) is 4.92. The number of halogens is 2. The third-order valence-corrected chi connectivity index (χ3v) is 4.37. The van der Waals surface area contributed by atoms with Gasteiger partial charge in [0.15, 0.2) is 17.5 Å². The first-order valence-electron chi connectivity index (χ1n) is 9.41. The lowest BCUT2D eigenvalue weighted by Crippen LogP contribution is -2.38. The number of nitrogens with zero attached hydrogens (tertiary/aromatic N) is 3. The van der Waals surface area contributed by atoms with Crippen LogP contribution in [0.25, 0.3) is 0 Å². The van der Waals surface area contributed by atoms with Gasteiger partial charge in [-0.05, 0) is 51.3 Å². The Kier molecular flexibility index (Phi) is 10.9. The molecule has 2 rings (SSSR count). The molecular weight excluding hydrogens is 472 g/mol. The lowest BCUT2D eigenvalue weighted by molar-refractivity contribution is 0.386. The highest BCUT2D eigenvalue weighted by Gasteiger charge is 2.11. The maximum atomic E-state index is 13.9. The standard InChI is InChI=1S/C20H30FN5O.HI/c1-5-22-20(24-10-6-7-12-26-13-11-23-16(26)3)25-15(2)17-8-9-19(27-4)18(21)14-17;/h8-9,11,13-15H,5-7,10,12H2,1-4H3,(H2,22,24,25);1H. The summed E-state index contributed by atoms with van der Waals surface area (Å²) in [6.45, 7) is 8.46. The van der Waals surface area contributed by atoms with E-state index in [1.807, 2.05) is 39.2 Å². The molecule has 156 valence electrons. The number of methoxy groups -OCH3 is 1. The number of hydrogen-bond donors (Lipinski definition) is 2. The molecule has 1 heterocycles. The van der Waals surface area contributed by atoms with E-state index in [1.54, 1.807) is 6.07 Å². The van der Waals surface area contributed by atoms with Crippen LogP contribution in [-0.4, -0.2) is 35.7 Å². The summed E-state index contributed by atoms with van der Waals surface area (Å²) < 4.78 is 21.0. The number of nitrogens with one attached hydrogen (secondary N) is 2. The average molecular weight is 503 g/mol. The normalized spacial score (nSPS) is 12.2. The Morgan fingerprint density at radius 3 is 2.75 bits per heavy atom. The van der Waals surface area contributed by atoms with Gasteiger partial charge in [0.25, 0.3) is 0 Å². The van der Waals surface area contributed by atoms with Crippen LogP contribution in [0.3, 0.4) is 0 Å². The van der Waals surface area contributed by atoms with Crippen molar-refractivity contribution >= 4 is 29.9 Å². The van der Waals surface area contributed by atoms with E-state index in [2.05, 4.69) is 25.2 Å². The lowest BCUT2D eigenvalue weighted by Gasteiger charge is -2.18. The van der Waals surface area contributed by atoms with E-state index in [4.69, 9.17) is 4.74 Å². The van der Waals surface area contributed by atoms with Crippen LogP contribution < -0.4 is 15.4 Å². The Morgan fingerprint density at radius 1 is 1.36 bits per heavy atom. The largest absolute Gasteiger partial charge is 0.494 e. The van der Waals surface area contributed by atoms with Crippen molar-refractivity contribution < 1.29 is 9.13 Å². The van der Waals surface area contributed by atoms with Crippen LogP contribution in [0.1, 0.15) is 44.1 Å². The SMILES string of the molecule is CCNC(=NCCCCn1ccnc1C)NC(C)c1ccc(OC)c(F)c1.I. The van der Waals surface area contributed by atoms with Gasteiger partial charge in [-0.15, -0.1) is 24.0 Å². The highest BCUT2D eigenvalue weighted by molar-refractivity contribution is 14.0. The van der Waals surface area contributed by atoms with E-state index in [0.717, 1.165) is 49.8 Å². The minimum Gasteiger partial charge on any atom is -0.494 e. The summed E-state index contributed by atoms with van der Waals surface area (Å²) in [7, 11) is 1.46. The van der Waals surface area contributed by atoms with E-state index in [1.165, 1.54) is 13.2 Å². The fourth-order valence-electron chi connectivity index (χ4n) is 2.79. The second kappa shape index (κ2) is 12.6. The van der Waals surface area contributed by atoms with E-state index >= 15 is 0 Å². The molecule has 0 amide bonds. The summed E-state index contributed by atoms with van der Waals surface area (Å²) in [6.07, 6.45) is 5.85. The molecular formula is C20H31FIN5O. The quantitative estimate of drug-likeness (QED) is 0.235. The predicted octanol–water partition coefficient (Wildman–Crippen LogP) is 4.05. The highest BCUT2D eigenvalue weighted by Crippen LogP contribution is 2.21. The molecule has 0 spiro atoms. The molecule has 0 fully saturated rings. The molecule has 0 saturated carbocycles. The van der Waals surface area contributed by atoms with E-state index in [9.17, 15) is 4.39 Å². The molecule has 0 saturated heterocycles. The van der Waals surface area contributed by atoms with E-state index in [-0.39, 0.29) is 41.6 Å². The Bertz CT molecular complexity index is 750. The van der Waals surface area contributed by atoms with Crippen molar-refractivity contribution in [3.8, 4) is 5.75 Å². The summed E-state index contributed by atoms with van der Waals surface area (Å²) in [5.41, 5.74) is 0.842. The van der Waals surface area contributed by atoms with Gasteiger partial charge in [-0.3, -0.25) is 4.99 Å². The molecule has 2 N–H and O–H groups in total. The van der Waals surface area contributed by atoms with Gasteiger partial charge >= 0.3 is 0 Å². The molecule has 2 aromatic rings. The van der Waals surface area contributed by atoms with E-state index in [0.29, 0.717) is 0 Å². The Hall–Kier alpha value is -1.84. The zero-order valence-corrected chi connectivity index (χ0v) is 19.4. The fraction of sp³-hybridized carbons (Fsp3) is 0.500. The first-order chi connectivity index (χ1) is 13.0. The minimum absolute atomic E-state index is 0. The summed E-state index contributed by atoms with van der Waals surface area (Å²) in [5, 5.41) is 6.57. The number of aryl methyl sites for hydroxylation is 2. The predicted molar refractivity (Wildman–Crippen MR) is 122 cm³/mol. The fourth-order valence-corrected chi connectivity index (χ4v) is 2.79. The van der Waals surface area contributed by atoms with Crippen LogP contribution >= 0.6 is 24.0 Å². The van der Waals surface area contributed by atoms with Gasteiger partial charge in [-0.1, -0.05) is 6.07 Å². The molecule has 0 aliphatic heterocycles. The lowest BCUT2D eigenvalue weighted by atomic mass is 10.1. The number of hydrogen-bond acceptors (Lipinski definition) is 3. The van der Waals surface area contributed by atoms with Gasteiger partial charge in [0, 0.05) is 32.0 Å². The maximum absolute atomic E-state index is 13.9. The number of guanidine groups is 1. The number of unbranched alkanes of at least 4 members (excludes halogenated alkanes) is 1. The van der Waals surface area contributed by atoms with Gasteiger partial charge in [0.2, 0.25) is 0 Å². The van der Waals surface area contributed by atoms with Gasteiger partial charge in [-0.25, -0.2) is 9.37 Å². The monoisotopic (exact) mass is 503 g/mol.